The molecule has 0 amide bonds. The van der Waals surface area contributed by atoms with E-state index in [1.54, 1.807) is 23.0 Å². The highest BCUT2D eigenvalue weighted by Crippen LogP contribution is 2.30. The summed E-state index contributed by atoms with van der Waals surface area (Å²) in [4.78, 5) is 0.0407. The summed E-state index contributed by atoms with van der Waals surface area (Å²) in [5.74, 6) is 0.955. The van der Waals surface area contributed by atoms with Crippen LogP contribution in [0.5, 0.6) is 0 Å². The lowest BCUT2D eigenvalue weighted by Gasteiger charge is -2.11. The summed E-state index contributed by atoms with van der Waals surface area (Å²) >= 11 is 0. The first-order valence-electron chi connectivity index (χ1n) is 5.82. The van der Waals surface area contributed by atoms with Crippen LogP contribution in [0, 0.1) is 31.6 Å². The Morgan fingerprint density at radius 3 is 2.60 bits per heavy atom. The van der Waals surface area contributed by atoms with Crippen LogP contribution in [0.25, 0.3) is 5.69 Å². The first-order chi connectivity index (χ1) is 9.55. The van der Waals surface area contributed by atoms with Crippen LogP contribution in [0.1, 0.15) is 5.69 Å². The number of nitrogens with zero attached hydrogens (tertiary/aromatic N) is 3. The second-order valence-corrected chi connectivity index (χ2v) is 5.81. The number of primary sulfonamides is 1. The third-order valence-electron chi connectivity index (χ3n) is 2.90. The van der Waals surface area contributed by atoms with Crippen LogP contribution in [0.4, 0.5) is 0 Å². The standard InChI is InChI=1S/C13H11N4O2S/c14-20(18,19)12-7-3-6-11(8-12)17-13(9-15-16-17)10-4-1-2-5-10/h1-9H,(H2,14,18,19). The van der Waals surface area contributed by atoms with Gasteiger partial charge in [0.2, 0.25) is 10.0 Å². The average molecular weight is 287 g/mol. The predicted octanol–water partition coefficient (Wildman–Crippen LogP) is 0.668. The Balaban J connectivity index is 2.04. The second-order valence-electron chi connectivity index (χ2n) is 4.25. The lowest BCUT2D eigenvalue weighted by Crippen LogP contribution is -2.13. The molecule has 0 saturated heterocycles. The summed E-state index contributed by atoms with van der Waals surface area (Å²) in [6, 6.07) is 6.27. The molecular formula is C13H11N4O2S. The largest absolute Gasteiger partial charge is 0.238 e. The van der Waals surface area contributed by atoms with Crippen molar-refractivity contribution in [3.05, 3.63) is 67.8 Å². The fourth-order valence-corrected chi connectivity index (χ4v) is 2.51. The summed E-state index contributed by atoms with van der Waals surface area (Å²) in [5.41, 5.74) is 1.37. The lowest BCUT2D eigenvalue weighted by atomic mass is 10.0. The van der Waals surface area contributed by atoms with E-state index < -0.39 is 10.0 Å². The van der Waals surface area contributed by atoms with E-state index >= 15 is 0 Å². The third kappa shape index (κ3) is 2.46. The Morgan fingerprint density at radius 2 is 1.90 bits per heavy atom. The Hall–Kier alpha value is -1.73. The SMILES string of the molecule is NS(=O)(=O)c1cccc(-n2nncc2[C]2[CH][CH][CH][CH]2)c1. The minimum absolute atomic E-state index is 0.0407. The zero-order valence-electron chi connectivity index (χ0n) is 10.3. The molecule has 1 aromatic heterocycles. The van der Waals surface area contributed by atoms with E-state index in [4.69, 9.17) is 5.14 Å². The van der Waals surface area contributed by atoms with Crippen LogP contribution in [0.3, 0.4) is 0 Å². The van der Waals surface area contributed by atoms with Gasteiger partial charge in [-0.15, -0.1) is 5.10 Å². The molecule has 3 rings (SSSR count). The summed E-state index contributed by atoms with van der Waals surface area (Å²) in [5, 5.41) is 13.0. The maximum atomic E-state index is 11.4. The van der Waals surface area contributed by atoms with Gasteiger partial charge >= 0.3 is 0 Å². The molecule has 1 fully saturated rings. The van der Waals surface area contributed by atoms with E-state index in [0.29, 0.717) is 5.69 Å². The topological polar surface area (TPSA) is 90.9 Å². The minimum atomic E-state index is -3.74. The molecule has 0 aliphatic heterocycles. The van der Waals surface area contributed by atoms with E-state index in [0.717, 1.165) is 11.6 Å². The Bertz CT molecular complexity index is 717. The van der Waals surface area contributed by atoms with Crippen molar-refractivity contribution < 1.29 is 8.42 Å². The van der Waals surface area contributed by atoms with Crippen molar-refractivity contribution in [2.24, 2.45) is 5.14 Å². The van der Waals surface area contributed by atoms with Gasteiger partial charge in [-0.1, -0.05) is 11.3 Å². The molecule has 0 spiro atoms. The zero-order valence-corrected chi connectivity index (χ0v) is 11.2. The number of hydrogen-bond acceptors (Lipinski definition) is 4. The van der Waals surface area contributed by atoms with Crippen LogP contribution in [-0.2, 0) is 10.0 Å². The maximum absolute atomic E-state index is 11.4. The van der Waals surface area contributed by atoms with E-state index in [2.05, 4.69) is 10.3 Å². The first kappa shape index (κ1) is 13.3. The molecule has 1 heterocycles. The smallest absolute Gasteiger partial charge is 0.225 e. The molecule has 1 aliphatic rings. The number of benzene rings is 1. The Labute approximate surface area is 117 Å². The van der Waals surface area contributed by atoms with Crippen molar-refractivity contribution >= 4 is 10.0 Å². The number of aromatic nitrogens is 3. The van der Waals surface area contributed by atoms with Gasteiger partial charge in [0, 0.05) is 5.92 Å². The molecule has 7 heteroatoms. The quantitative estimate of drug-likeness (QED) is 0.898. The van der Waals surface area contributed by atoms with Crippen molar-refractivity contribution in [1.82, 2.24) is 15.0 Å². The first-order valence-corrected chi connectivity index (χ1v) is 7.36. The molecular weight excluding hydrogens is 276 g/mol. The average Bonchev–Trinajstić information content (AvgIpc) is 3.08. The molecule has 0 atom stereocenters. The van der Waals surface area contributed by atoms with Crippen molar-refractivity contribution in [2.45, 2.75) is 4.90 Å². The molecule has 20 heavy (non-hydrogen) atoms. The van der Waals surface area contributed by atoms with Crippen LogP contribution in [0.2, 0.25) is 0 Å². The molecule has 5 radical (unpaired) electrons. The van der Waals surface area contributed by atoms with Gasteiger partial charge in [0.05, 0.1) is 22.5 Å². The highest BCUT2D eigenvalue weighted by Gasteiger charge is 2.24. The highest BCUT2D eigenvalue weighted by molar-refractivity contribution is 7.89. The monoisotopic (exact) mass is 287 g/mol. The van der Waals surface area contributed by atoms with Crippen molar-refractivity contribution in [3.8, 4) is 5.69 Å². The van der Waals surface area contributed by atoms with Gasteiger partial charge in [-0.25, -0.2) is 18.2 Å². The van der Waals surface area contributed by atoms with Gasteiger partial charge in [0.1, 0.15) is 0 Å². The van der Waals surface area contributed by atoms with Gasteiger partial charge in [-0.2, -0.15) is 0 Å². The summed E-state index contributed by atoms with van der Waals surface area (Å²) < 4.78 is 24.4. The van der Waals surface area contributed by atoms with E-state index in [-0.39, 0.29) is 4.90 Å². The fourth-order valence-electron chi connectivity index (χ4n) is 1.96. The minimum Gasteiger partial charge on any atom is -0.225 e. The Morgan fingerprint density at radius 1 is 1.15 bits per heavy atom. The molecule has 1 aliphatic carbocycles. The molecule has 1 saturated carbocycles. The lowest BCUT2D eigenvalue weighted by molar-refractivity contribution is 0.597. The molecule has 2 aromatic rings. The molecule has 6 nitrogen and oxygen atoms in total. The van der Waals surface area contributed by atoms with Crippen molar-refractivity contribution in [2.75, 3.05) is 0 Å². The number of hydrogen-bond donors (Lipinski definition) is 1. The third-order valence-corrected chi connectivity index (χ3v) is 3.81. The van der Waals surface area contributed by atoms with Crippen molar-refractivity contribution in [3.63, 3.8) is 0 Å². The Kier molecular flexibility index (Phi) is 3.31. The molecule has 101 valence electrons. The summed E-state index contributed by atoms with van der Waals surface area (Å²) in [6.07, 6.45) is 9.30. The molecule has 0 bridgehead atoms. The van der Waals surface area contributed by atoms with Crippen LogP contribution in [0.15, 0.2) is 35.4 Å². The number of rotatable bonds is 3. The van der Waals surface area contributed by atoms with E-state index in [1.807, 2.05) is 25.7 Å². The number of sulfonamides is 1. The van der Waals surface area contributed by atoms with Gasteiger partial charge < -0.3 is 0 Å². The van der Waals surface area contributed by atoms with Crippen LogP contribution < -0.4 is 5.14 Å². The van der Waals surface area contributed by atoms with Gasteiger partial charge in [-0.05, 0) is 43.9 Å². The van der Waals surface area contributed by atoms with Gasteiger partial charge in [0.15, 0.2) is 0 Å². The zero-order chi connectivity index (χ0) is 14.2. The van der Waals surface area contributed by atoms with E-state index in [1.165, 1.54) is 12.1 Å². The maximum Gasteiger partial charge on any atom is 0.238 e. The van der Waals surface area contributed by atoms with Crippen LogP contribution >= 0.6 is 0 Å². The molecule has 1 aromatic carbocycles. The van der Waals surface area contributed by atoms with E-state index in [9.17, 15) is 8.42 Å². The number of nitrogens with two attached hydrogens (primary N) is 1. The van der Waals surface area contributed by atoms with Crippen LogP contribution in [-0.4, -0.2) is 23.4 Å². The summed E-state index contributed by atoms with van der Waals surface area (Å²) in [7, 11) is -3.74. The predicted molar refractivity (Wildman–Crippen MR) is 72.3 cm³/mol. The van der Waals surface area contributed by atoms with Gasteiger partial charge in [0.25, 0.3) is 0 Å². The molecule has 0 unspecified atom stereocenters. The van der Waals surface area contributed by atoms with Gasteiger partial charge in [-0.3, -0.25) is 0 Å². The normalized spacial score (nSPS) is 16.6. The fraction of sp³-hybridized carbons (Fsp3) is 0. The summed E-state index contributed by atoms with van der Waals surface area (Å²) in [6.45, 7) is 0. The molecule has 2 N–H and O–H groups in total. The van der Waals surface area contributed by atoms with Crippen molar-refractivity contribution in [1.29, 1.82) is 0 Å². The second kappa shape index (κ2) is 4.99. The highest BCUT2D eigenvalue weighted by atomic mass is 32.2.